The van der Waals surface area contributed by atoms with Crippen LogP contribution in [0, 0.1) is 17.2 Å². The predicted octanol–water partition coefficient (Wildman–Crippen LogP) is 2.16. The summed E-state index contributed by atoms with van der Waals surface area (Å²) in [6.45, 7) is 2.52. The monoisotopic (exact) mass is 236 g/mol. The molecule has 0 heterocycles. The van der Waals surface area contributed by atoms with Crippen molar-refractivity contribution in [3.8, 4) is 6.07 Å². The fourth-order valence-corrected chi connectivity index (χ4v) is 1.23. The number of benzene rings is 1. The van der Waals surface area contributed by atoms with E-state index in [1.807, 2.05) is 13.0 Å². The molecule has 0 aliphatic heterocycles. The SMILES string of the molecule is CC(CCl)CNC(=O)c1ccc(C#N)cc1. The molecule has 1 aromatic carbocycles. The Kier molecular flexibility index (Phi) is 4.81. The van der Waals surface area contributed by atoms with Crippen molar-refractivity contribution in [1.82, 2.24) is 5.32 Å². The average molecular weight is 237 g/mol. The van der Waals surface area contributed by atoms with Crippen LogP contribution in [0.15, 0.2) is 24.3 Å². The van der Waals surface area contributed by atoms with Crippen LogP contribution in [0.1, 0.15) is 22.8 Å². The molecule has 0 saturated heterocycles. The van der Waals surface area contributed by atoms with Gasteiger partial charge in [-0.05, 0) is 30.2 Å². The van der Waals surface area contributed by atoms with Crippen molar-refractivity contribution in [1.29, 1.82) is 5.26 Å². The second kappa shape index (κ2) is 6.14. The van der Waals surface area contributed by atoms with Gasteiger partial charge in [0.15, 0.2) is 0 Å². The van der Waals surface area contributed by atoms with Gasteiger partial charge in [-0.2, -0.15) is 5.26 Å². The van der Waals surface area contributed by atoms with Crippen LogP contribution >= 0.6 is 11.6 Å². The summed E-state index contributed by atoms with van der Waals surface area (Å²) in [6.07, 6.45) is 0. The summed E-state index contributed by atoms with van der Waals surface area (Å²) >= 11 is 5.63. The lowest BCUT2D eigenvalue weighted by Crippen LogP contribution is -2.28. The minimum atomic E-state index is -0.138. The van der Waals surface area contributed by atoms with Crippen molar-refractivity contribution in [2.45, 2.75) is 6.92 Å². The van der Waals surface area contributed by atoms with Crippen LogP contribution in [0.4, 0.5) is 0 Å². The number of hydrogen-bond donors (Lipinski definition) is 1. The van der Waals surface area contributed by atoms with Gasteiger partial charge in [0.05, 0.1) is 11.6 Å². The Balaban J connectivity index is 2.57. The molecule has 4 heteroatoms. The first-order valence-corrected chi connectivity index (χ1v) is 5.55. The summed E-state index contributed by atoms with van der Waals surface area (Å²) in [5.74, 6) is 0.638. The van der Waals surface area contributed by atoms with Crippen LogP contribution < -0.4 is 5.32 Å². The van der Waals surface area contributed by atoms with Gasteiger partial charge in [0.2, 0.25) is 0 Å². The normalized spacial score (nSPS) is 11.6. The van der Waals surface area contributed by atoms with Crippen LogP contribution in [0.2, 0.25) is 0 Å². The number of carbonyl (C=O) groups excluding carboxylic acids is 1. The summed E-state index contributed by atoms with van der Waals surface area (Å²) in [7, 11) is 0. The number of amides is 1. The second-order valence-corrected chi connectivity index (χ2v) is 3.97. The molecule has 0 saturated carbocycles. The van der Waals surface area contributed by atoms with E-state index in [9.17, 15) is 4.79 Å². The van der Waals surface area contributed by atoms with E-state index in [2.05, 4.69) is 5.32 Å². The molecule has 0 radical (unpaired) electrons. The highest BCUT2D eigenvalue weighted by molar-refractivity contribution is 6.18. The molecule has 1 aromatic rings. The van der Waals surface area contributed by atoms with Crippen LogP contribution in [0.5, 0.6) is 0 Å². The van der Waals surface area contributed by atoms with Crippen LogP contribution in [0.25, 0.3) is 0 Å². The Labute approximate surface area is 100 Å². The maximum Gasteiger partial charge on any atom is 0.251 e. The lowest BCUT2D eigenvalue weighted by atomic mass is 10.1. The number of nitriles is 1. The highest BCUT2D eigenvalue weighted by atomic mass is 35.5. The van der Waals surface area contributed by atoms with Crippen molar-refractivity contribution in [2.75, 3.05) is 12.4 Å². The molecule has 1 rings (SSSR count). The van der Waals surface area contributed by atoms with Crippen molar-refractivity contribution in [2.24, 2.45) is 5.92 Å². The number of halogens is 1. The van der Waals surface area contributed by atoms with Crippen molar-refractivity contribution in [3.63, 3.8) is 0 Å². The Morgan fingerprint density at radius 1 is 1.50 bits per heavy atom. The summed E-state index contributed by atoms with van der Waals surface area (Å²) in [5.41, 5.74) is 1.10. The molecule has 0 fully saturated rings. The number of carbonyl (C=O) groups is 1. The second-order valence-electron chi connectivity index (χ2n) is 3.66. The van der Waals surface area contributed by atoms with Gasteiger partial charge in [0.1, 0.15) is 0 Å². The molecule has 1 unspecified atom stereocenters. The first-order chi connectivity index (χ1) is 7.67. The molecule has 1 amide bonds. The van der Waals surface area contributed by atoms with E-state index in [0.717, 1.165) is 0 Å². The summed E-state index contributed by atoms with van der Waals surface area (Å²) in [5, 5.41) is 11.4. The van der Waals surface area contributed by atoms with Gasteiger partial charge in [-0.1, -0.05) is 6.92 Å². The van der Waals surface area contributed by atoms with Gasteiger partial charge in [-0.25, -0.2) is 0 Å². The van der Waals surface area contributed by atoms with E-state index in [0.29, 0.717) is 23.6 Å². The molecular formula is C12H13ClN2O. The van der Waals surface area contributed by atoms with Gasteiger partial charge in [0, 0.05) is 18.0 Å². The standard InChI is InChI=1S/C12H13ClN2O/c1-9(6-13)8-15-12(16)11-4-2-10(7-14)3-5-11/h2-5,9H,6,8H2,1H3,(H,15,16). The van der Waals surface area contributed by atoms with E-state index in [1.54, 1.807) is 24.3 Å². The molecule has 0 aliphatic carbocycles. The third-order valence-electron chi connectivity index (χ3n) is 2.15. The van der Waals surface area contributed by atoms with Crippen LogP contribution in [-0.2, 0) is 0 Å². The lowest BCUT2D eigenvalue weighted by molar-refractivity contribution is 0.0949. The largest absolute Gasteiger partial charge is 0.352 e. The number of nitrogens with zero attached hydrogens (tertiary/aromatic N) is 1. The van der Waals surface area contributed by atoms with Gasteiger partial charge in [-0.15, -0.1) is 11.6 Å². The van der Waals surface area contributed by atoms with Gasteiger partial charge in [-0.3, -0.25) is 4.79 Å². The molecule has 3 nitrogen and oxygen atoms in total. The fraction of sp³-hybridized carbons (Fsp3) is 0.333. The summed E-state index contributed by atoms with van der Waals surface area (Å²) in [6, 6.07) is 8.53. The van der Waals surface area contributed by atoms with Gasteiger partial charge in [0.25, 0.3) is 5.91 Å². The zero-order valence-electron chi connectivity index (χ0n) is 9.03. The van der Waals surface area contributed by atoms with Crippen molar-refractivity contribution in [3.05, 3.63) is 35.4 Å². The molecule has 0 bridgehead atoms. The predicted molar refractivity (Wildman–Crippen MR) is 63.4 cm³/mol. The van der Waals surface area contributed by atoms with E-state index >= 15 is 0 Å². The number of nitrogens with one attached hydrogen (secondary N) is 1. The van der Waals surface area contributed by atoms with E-state index in [-0.39, 0.29) is 11.8 Å². The molecule has 1 N–H and O–H groups in total. The number of hydrogen-bond acceptors (Lipinski definition) is 2. The molecule has 0 spiro atoms. The minimum Gasteiger partial charge on any atom is -0.352 e. The average Bonchev–Trinajstić information content (AvgIpc) is 2.35. The van der Waals surface area contributed by atoms with E-state index < -0.39 is 0 Å². The quantitative estimate of drug-likeness (QED) is 0.815. The highest BCUT2D eigenvalue weighted by Gasteiger charge is 2.06. The Morgan fingerprint density at radius 2 is 2.12 bits per heavy atom. The van der Waals surface area contributed by atoms with Crippen molar-refractivity contribution < 1.29 is 4.79 Å². The third-order valence-corrected chi connectivity index (χ3v) is 2.68. The topological polar surface area (TPSA) is 52.9 Å². The zero-order valence-corrected chi connectivity index (χ0v) is 9.79. The fourth-order valence-electron chi connectivity index (χ4n) is 1.12. The van der Waals surface area contributed by atoms with Gasteiger partial charge < -0.3 is 5.32 Å². The highest BCUT2D eigenvalue weighted by Crippen LogP contribution is 2.03. The van der Waals surface area contributed by atoms with E-state index in [1.165, 1.54) is 0 Å². The maximum absolute atomic E-state index is 11.6. The minimum absolute atomic E-state index is 0.138. The first kappa shape index (κ1) is 12.5. The first-order valence-electron chi connectivity index (χ1n) is 5.01. The summed E-state index contributed by atoms with van der Waals surface area (Å²) < 4.78 is 0. The Bertz CT molecular complexity index is 394. The molecule has 84 valence electrons. The maximum atomic E-state index is 11.6. The summed E-state index contributed by atoms with van der Waals surface area (Å²) in [4.78, 5) is 11.6. The smallest absolute Gasteiger partial charge is 0.251 e. The number of rotatable bonds is 4. The van der Waals surface area contributed by atoms with Crippen molar-refractivity contribution >= 4 is 17.5 Å². The Morgan fingerprint density at radius 3 is 2.62 bits per heavy atom. The lowest BCUT2D eigenvalue weighted by Gasteiger charge is -2.09. The molecule has 0 aliphatic rings. The van der Waals surface area contributed by atoms with Crippen LogP contribution in [0.3, 0.4) is 0 Å². The third kappa shape index (κ3) is 3.56. The van der Waals surface area contributed by atoms with Crippen LogP contribution in [-0.4, -0.2) is 18.3 Å². The van der Waals surface area contributed by atoms with E-state index in [4.69, 9.17) is 16.9 Å². The zero-order chi connectivity index (χ0) is 12.0. The Hall–Kier alpha value is -1.53. The molecular weight excluding hydrogens is 224 g/mol. The number of alkyl halides is 1. The molecule has 0 aromatic heterocycles. The molecule has 16 heavy (non-hydrogen) atoms. The van der Waals surface area contributed by atoms with Gasteiger partial charge >= 0.3 is 0 Å². The molecule has 1 atom stereocenters.